The number of aliphatic hydroxyl groups excluding tert-OH is 1. The first-order chi connectivity index (χ1) is 16.1. The van der Waals surface area contributed by atoms with Crippen LogP contribution in [0, 0.1) is 13.8 Å². The Morgan fingerprint density at radius 2 is 2.06 bits per heavy atom. The van der Waals surface area contributed by atoms with E-state index in [1.807, 2.05) is 20.8 Å². The summed E-state index contributed by atoms with van der Waals surface area (Å²) in [5.74, 6) is 0.195. The molecule has 3 aromatic heterocycles. The van der Waals surface area contributed by atoms with E-state index >= 15 is 0 Å². The van der Waals surface area contributed by atoms with Crippen LogP contribution in [0.25, 0.3) is 11.3 Å². The van der Waals surface area contributed by atoms with Crippen molar-refractivity contribution in [3.8, 4) is 11.3 Å². The fraction of sp³-hybridized carbons (Fsp3) is 0.364. The van der Waals surface area contributed by atoms with Crippen molar-refractivity contribution in [2.75, 3.05) is 22.1 Å². The highest BCUT2D eigenvalue weighted by Gasteiger charge is 2.36. The van der Waals surface area contributed by atoms with Crippen LogP contribution in [0.3, 0.4) is 0 Å². The summed E-state index contributed by atoms with van der Waals surface area (Å²) in [5, 5.41) is 17.0. The van der Waals surface area contributed by atoms with E-state index in [2.05, 4.69) is 25.6 Å². The summed E-state index contributed by atoms with van der Waals surface area (Å²) in [5.41, 5.74) is 0.736. The SMILES string of the molecule is CC[C@@H]1[C@H](O)CNc2ccc(-c3cncc(C(F)(F)F)c3)nc2N1C(=O)Nc1nc(C)c(C)s1. The molecule has 12 heteroatoms. The number of aromatic nitrogens is 3. The minimum Gasteiger partial charge on any atom is -0.389 e. The third-order valence-corrected chi connectivity index (χ3v) is 6.61. The maximum atomic E-state index is 13.4. The number of β-amino-alcohol motifs (C(OH)–C–C–N with tert-alkyl or cyclic N) is 1. The van der Waals surface area contributed by atoms with Gasteiger partial charge in [-0.3, -0.25) is 15.2 Å². The second-order valence-electron chi connectivity index (χ2n) is 7.91. The number of pyridine rings is 2. The first-order valence-electron chi connectivity index (χ1n) is 10.6. The molecule has 3 aromatic rings. The Hall–Kier alpha value is -3.25. The molecule has 0 aromatic carbocycles. The lowest BCUT2D eigenvalue weighted by molar-refractivity contribution is -0.137. The number of hydrogen-bond donors (Lipinski definition) is 3. The number of alkyl halides is 3. The number of aliphatic hydroxyl groups is 1. The van der Waals surface area contributed by atoms with Gasteiger partial charge in [0, 0.05) is 29.4 Å². The first kappa shape index (κ1) is 23.9. The number of carbonyl (C=O) groups is 1. The molecule has 2 amide bonds. The van der Waals surface area contributed by atoms with Crippen LogP contribution in [0.1, 0.15) is 29.5 Å². The minimum absolute atomic E-state index is 0.155. The summed E-state index contributed by atoms with van der Waals surface area (Å²) in [6.07, 6.45) is -3.00. The Kier molecular flexibility index (Phi) is 6.45. The molecule has 0 saturated carbocycles. The highest BCUT2D eigenvalue weighted by atomic mass is 32.1. The highest BCUT2D eigenvalue weighted by molar-refractivity contribution is 7.15. The predicted octanol–water partition coefficient (Wildman–Crippen LogP) is 4.84. The average Bonchev–Trinajstić information content (AvgIpc) is 3.03. The number of nitrogens with one attached hydrogen (secondary N) is 2. The topological polar surface area (TPSA) is 103 Å². The van der Waals surface area contributed by atoms with Gasteiger partial charge in [-0.1, -0.05) is 6.92 Å². The molecule has 34 heavy (non-hydrogen) atoms. The lowest BCUT2D eigenvalue weighted by Crippen LogP contribution is -2.49. The van der Waals surface area contributed by atoms with E-state index in [1.165, 1.54) is 22.4 Å². The largest absolute Gasteiger partial charge is 0.417 e. The maximum absolute atomic E-state index is 13.4. The zero-order chi connectivity index (χ0) is 24.6. The summed E-state index contributed by atoms with van der Waals surface area (Å²) in [7, 11) is 0. The number of carbonyl (C=O) groups excluding carboxylic acids is 1. The molecule has 180 valence electrons. The monoisotopic (exact) mass is 492 g/mol. The van der Waals surface area contributed by atoms with E-state index in [0.29, 0.717) is 17.2 Å². The van der Waals surface area contributed by atoms with E-state index in [1.54, 1.807) is 12.1 Å². The molecule has 8 nitrogen and oxygen atoms in total. The molecular weight excluding hydrogens is 469 g/mol. The van der Waals surface area contributed by atoms with Crippen LogP contribution in [0.2, 0.25) is 0 Å². The lowest BCUT2D eigenvalue weighted by Gasteiger charge is -2.31. The standard InChI is InChI=1S/C22H23F3N6O2S/c1-4-17-18(32)10-27-16-6-5-15(13-7-14(9-26-8-13)22(23,24)25)29-19(16)31(17)21(33)30-20-28-11(2)12(3)34-20/h5-9,17-18,27,32H,4,10H2,1-3H3,(H,28,30,33)/t17-,18-/m1/s1. The van der Waals surface area contributed by atoms with Gasteiger partial charge >= 0.3 is 12.2 Å². The molecule has 1 aliphatic heterocycles. The molecule has 0 aliphatic carbocycles. The normalized spacial score (nSPS) is 18.1. The maximum Gasteiger partial charge on any atom is 0.417 e. The van der Waals surface area contributed by atoms with Crippen molar-refractivity contribution in [1.29, 1.82) is 0 Å². The van der Waals surface area contributed by atoms with Crippen LogP contribution >= 0.6 is 11.3 Å². The molecule has 4 rings (SSSR count). The van der Waals surface area contributed by atoms with E-state index in [-0.39, 0.29) is 23.6 Å². The van der Waals surface area contributed by atoms with Crippen molar-refractivity contribution in [1.82, 2.24) is 15.0 Å². The van der Waals surface area contributed by atoms with E-state index < -0.39 is 29.9 Å². The van der Waals surface area contributed by atoms with Crippen LogP contribution in [0.4, 0.5) is 34.6 Å². The van der Waals surface area contributed by atoms with Gasteiger partial charge in [0.25, 0.3) is 0 Å². The van der Waals surface area contributed by atoms with Gasteiger partial charge < -0.3 is 10.4 Å². The fourth-order valence-electron chi connectivity index (χ4n) is 3.72. The molecule has 0 saturated heterocycles. The minimum atomic E-state index is -4.55. The zero-order valence-corrected chi connectivity index (χ0v) is 19.5. The number of nitrogens with zero attached hydrogens (tertiary/aromatic N) is 4. The zero-order valence-electron chi connectivity index (χ0n) is 18.6. The van der Waals surface area contributed by atoms with E-state index in [4.69, 9.17) is 0 Å². The summed E-state index contributed by atoms with van der Waals surface area (Å²) < 4.78 is 39.6. The third-order valence-electron chi connectivity index (χ3n) is 5.62. The third kappa shape index (κ3) is 4.68. The summed E-state index contributed by atoms with van der Waals surface area (Å²) in [4.78, 5) is 28.3. The number of fused-ring (bicyclic) bond motifs is 1. The number of amides is 2. The van der Waals surface area contributed by atoms with Gasteiger partial charge in [-0.05, 0) is 38.5 Å². The number of hydrogen-bond acceptors (Lipinski definition) is 7. The first-order valence-corrected chi connectivity index (χ1v) is 11.4. The molecule has 1 aliphatic rings. The molecule has 0 unspecified atom stereocenters. The molecule has 0 bridgehead atoms. The number of anilines is 3. The molecule has 4 heterocycles. The molecule has 0 radical (unpaired) electrons. The second-order valence-corrected chi connectivity index (χ2v) is 9.12. The Labute approximate surface area is 197 Å². The van der Waals surface area contributed by atoms with Crippen molar-refractivity contribution >= 4 is 34.0 Å². The number of halogens is 3. The molecular formula is C22H23F3N6O2S. The van der Waals surface area contributed by atoms with Gasteiger partial charge in [-0.25, -0.2) is 14.8 Å². The summed E-state index contributed by atoms with van der Waals surface area (Å²) in [6.45, 7) is 5.74. The number of urea groups is 1. The van der Waals surface area contributed by atoms with Gasteiger partial charge in [-0.15, -0.1) is 11.3 Å². The highest BCUT2D eigenvalue weighted by Crippen LogP contribution is 2.35. The van der Waals surface area contributed by atoms with Crippen LogP contribution < -0.4 is 15.5 Å². The molecule has 3 N–H and O–H groups in total. The summed E-state index contributed by atoms with van der Waals surface area (Å²) >= 11 is 1.32. The molecule has 0 spiro atoms. The van der Waals surface area contributed by atoms with Gasteiger partial charge in [0.05, 0.1) is 34.8 Å². The quantitative estimate of drug-likeness (QED) is 0.484. The van der Waals surface area contributed by atoms with Crippen LogP contribution in [-0.2, 0) is 6.18 Å². The Morgan fingerprint density at radius 1 is 1.29 bits per heavy atom. The van der Waals surface area contributed by atoms with Crippen molar-refractivity contribution in [3.05, 3.63) is 46.7 Å². The summed E-state index contributed by atoms with van der Waals surface area (Å²) in [6, 6.07) is 2.96. The second kappa shape index (κ2) is 9.18. The fourth-order valence-corrected chi connectivity index (χ4v) is 4.53. The molecule has 2 atom stereocenters. The van der Waals surface area contributed by atoms with Crippen molar-refractivity contribution in [2.45, 2.75) is 45.5 Å². The Morgan fingerprint density at radius 3 is 2.71 bits per heavy atom. The van der Waals surface area contributed by atoms with E-state index in [9.17, 15) is 23.1 Å². The number of rotatable bonds is 3. The Bertz CT molecular complexity index is 1200. The van der Waals surface area contributed by atoms with Crippen LogP contribution in [0.5, 0.6) is 0 Å². The van der Waals surface area contributed by atoms with Gasteiger partial charge in [0.15, 0.2) is 10.9 Å². The van der Waals surface area contributed by atoms with E-state index in [0.717, 1.165) is 22.8 Å². The lowest BCUT2D eigenvalue weighted by atomic mass is 10.1. The predicted molar refractivity (Wildman–Crippen MR) is 124 cm³/mol. The van der Waals surface area contributed by atoms with Crippen LogP contribution in [0.15, 0.2) is 30.6 Å². The van der Waals surface area contributed by atoms with Gasteiger partial charge in [0.2, 0.25) is 0 Å². The van der Waals surface area contributed by atoms with Crippen molar-refractivity contribution in [3.63, 3.8) is 0 Å². The van der Waals surface area contributed by atoms with Gasteiger partial charge in [0.1, 0.15) is 0 Å². The van der Waals surface area contributed by atoms with Crippen molar-refractivity contribution in [2.24, 2.45) is 0 Å². The molecule has 0 fully saturated rings. The number of aryl methyl sites for hydroxylation is 2. The van der Waals surface area contributed by atoms with Crippen molar-refractivity contribution < 1.29 is 23.1 Å². The average molecular weight is 493 g/mol. The number of thiazole rings is 1. The smallest absolute Gasteiger partial charge is 0.389 e. The Balaban J connectivity index is 1.77. The van der Waals surface area contributed by atoms with Crippen LogP contribution in [-0.4, -0.2) is 44.8 Å². The van der Waals surface area contributed by atoms with Gasteiger partial charge in [-0.2, -0.15) is 13.2 Å².